The zero-order chi connectivity index (χ0) is 13.4. The van der Waals surface area contributed by atoms with Crippen molar-refractivity contribution >= 4 is 24.7 Å². The quantitative estimate of drug-likeness (QED) is 0.604. The second-order valence-electron chi connectivity index (χ2n) is 4.89. The molecule has 0 bridgehead atoms. The minimum atomic E-state index is -0.950. The topological polar surface area (TPSA) is 14.8 Å². The molecule has 3 rings (SSSR count). The van der Waals surface area contributed by atoms with Crippen LogP contribution < -0.4 is 16.0 Å². The van der Waals surface area contributed by atoms with E-state index in [9.17, 15) is 0 Å². The molecular formula is C15H18N3Si. The minimum Gasteiger partial charge on any atom is -0.358 e. The average molecular weight is 268 g/mol. The van der Waals surface area contributed by atoms with E-state index >= 15 is 0 Å². The molecule has 97 valence electrons. The lowest BCUT2D eigenvalue weighted by atomic mass is 10.7. The van der Waals surface area contributed by atoms with Gasteiger partial charge in [-0.15, -0.1) is 0 Å². The zero-order valence-corrected chi connectivity index (χ0v) is 12.5. The fraction of sp³-hybridized carbons (Fsp3) is 0.200. The summed E-state index contributed by atoms with van der Waals surface area (Å²) in [6, 6.07) is 13.1. The van der Waals surface area contributed by atoms with Gasteiger partial charge in [0, 0.05) is 55.7 Å². The summed E-state index contributed by atoms with van der Waals surface area (Å²) in [5.41, 5.74) is 0. The fourth-order valence-corrected chi connectivity index (χ4v) is 5.41. The Morgan fingerprint density at radius 2 is 0.947 bits per heavy atom. The highest BCUT2D eigenvalue weighted by Gasteiger charge is 2.26. The van der Waals surface area contributed by atoms with Gasteiger partial charge in [-0.05, 0) is 36.4 Å². The molecule has 3 aromatic heterocycles. The van der Waals surface area contributed by atoms with Crippen LogP contribution in [0.25, 0.3) is 0 Å². The van der Waals surface area contributed by atoms with Gasteiger partial charge in [0.1, 0.15) is 0 Å². The van der Waals surface area contributed by atoms with E-state index in [0.29, 0.717) is 0 Å². The Kier molecular flexibility index (Phi) is 2.95. The number of rotatable bonds is 3. The Bertz CT molecular complexity index is 594. The first kappa shape index (κ1) is 12.1. The van der Waals surface area contributed by atoms with Crippen LogP contribution in [0.5, 0.6) is 0 Å². The van der Waals surface area contributed by atoms with Gasteiger partial charge in [0.05, 0.1) is 0 Å². The summed E-state index contributed by atoms with van der Waals surface area (Å²) in [6.45, 7) is 0. The lowest BCUT2D eigenvalue weighted by Gasteiger charge is -2.18. The van der Waals surface area contributed by atoms with Crippen LogP contribution in [0.1, 0.15) is 0 Å². The maximum Gasteiger partial charge on any atom is 0.218 e. The molecule has 0 N–H and O–H groups in total. The third-order valence-electron chi connectivity index (χ3n) is 3.60. The van der Waals surface area contributed by atoms with Gasteiger partial charge in [-0.2, -0.15) is 0 Å². The van der Waals surface area contributed by atoms with E-state index in [2.05, 4.69) is 89.8 Å². The first-order chi connectivity index (χ1) is 9.18. The van der Waals surface area contributed by atoms with Gasteiger partial charge in [0.25, 0.3) is 0 Å². The van der Waals surface area contributed by atoms with Crippen molar-refractivity contribution in [2.45, 2.75) is 0 Å². The summed E-state index contributed by atoms with van der Waals surface area (Å²) in [7, 11) is 5.44. The molecule has 1 radical (unpaired) electrons. The standard InChI is InChI=1S/C15H18N3Si/c1-16-10-4-7-13(16)19(14-8-5-11-17(14)2)15-9-6-12-18(15)3/h4-12H,1-3H3. The van der Waals surface area contributed by atoms with Crippen LogP contribution in [-0.2, 0) is 21.1 Å². The summed E-state index contributed by atoms with van der Waals surface area (Å²) < 4.78 is 6.73. The predicted octanol–water partition coefficient (Wildman–Crippen LogP) is 0.218. The molecule has 0 spiro atoms. The van der Waals surface area contributed by atoms with E-state index < -0.39 is 8.80 Å². The molecule has 0 aliphatic carbocycles. The Hall–Kier alpha value is -1.94. The first-order valence-electron chi connectivity index (χ1n) is 6.40. The molecule has 3 nitrogen and oxygen atoms in total. The summed E-state index contributed by atoms with van der Waals surface area (Å²) >= 11 is 0. The SMILES string of the molecule is Cn1cccc1[Si](c1cccn1C)c1cccn1C. The molecule has 19 heavy (non-hydrogen) atoms. The van der Waals surface area contributed by atoms with Gasteiger partial charge in [-0.3, -0.25) is 0 Å². The lowest BCUT2D eigenvalue weighted by Crippen LogP contribution is -2.58. The third kappa shape index (κ3) is 1.98. The van der Waals surface area contributed by atoms with E-state index in [1.54, 1.807) is 0 Å². The number of aromatic nitrogens is 3. The van der Waals surface area contributed by atoms with E-state index in [1.807, 2.05) is 0 Å². The largest absolute Gasteiger partial charge is 0.358 e. The summed E-state index contributed by atoms with van der Waals surface area (Å²) in [5.74, 6) is 0. The van der Waals surface area contributed by atoms with Gasteiger partial charge in [0.2, 0.25) is 8.80 Å². The normalized spacial score (nSPS) is 11.4. The molecule has 0 aliphatic rings. The summed E-state index contributed by atoms with van der Waals surface area (Å²) in [5, 5.41) is 4.23. The molecule has 0 fully saturated rings. The van der Waals surface area contributed by atoms with Gasteiger partial charge in [0.15, 0.2) is 0 Å². The smallest absolute Gasteiger partial charge is 0.218 e. The first-order valence-corrected chi connectivity index (χ1v) is 7.90. The van der Waals surface area contributed by atoms with Crippen LogP contribution in [0.3, 0.4) is 0 Å². The minimum absolute atomic E-state index is 0.950. The van der Waals surface area contributed by atoms with Crippen LogP contribution >= 0.6 is 0 Å². The third-order valence-corrected chi connectivity index (χ3v) is 6.69. The second-order valence-corrected chi connectivity index (χ2v) is 7.17. The Labute approximate surface area is 115 Å². The van der Waals surface area contributed by atoms with E-state index in [0.717, 1.165) is 0 Å². The van der Waals surface area contributed by atoms with Crippen LogP contribution in [0.2, 0.25) is 0 Å². The summed E-state index contributed by atoms with van der Waals surface area (Å²) in [4.78, 5) is 0. The van der Waals surface area contributed by atoms with Crippen molar-refractivity contribution in [3.63, 3.8) is 0 Å². The predicted molar refractivity (Wildman–Crippen MR) is 80.9 cm³/mol. The Morgan fingerprint density at radius 1 is 0.632 bits per heavy atom. The Balaban J connectivity index is 2.20. The van der Waals surface area contributed by atoms with Crippen LogP contribution in [0.4, 0.5) is 0 Å². The van der Waals surface area contributed by atoms with Crippen molar-refractivity contribution in [3.05, 3.63) is 55.0 Å². The zero-order valence-electron chi connectivity index (χ0n) is 11.5. The molecule has 0 saturated heterocycles. The van der Waals surface area contributed by atoms with Crippen molar-refractivity contribution < 1.29 is 0 Å². The summed E-state index contributed by atoms with van der Waals surface area (Å²) in [6.07, 6.45) is 6.39. The molecule has 0 amide bonds. The van der Waals surface area contributed by atoms with Crippen LogP contribution in [-0.4, -0.2) is 22.5 Å². The highest BCUT2D eigenvalue weighted by atomic mass is 28.3. The molecule has 0 aliphatic heterocycles. The monoisotopic (exact) mass is 268 g/mol. The van der Waals surface area contributed by atoms with Gasteiger partial charge in [-0.1, -0.05) is 0 Å². The van der Waals surface area contributed by atoms with Gasteiger partial charge < -0.3 is 13.7 Å². The highest BCUT2D eigenvalue weighted by Crippen LogP contribution is 1.96. The molecule has 3 aromatic rings. The van der Waals surface area contributed by atoms with Crippen molar-refractivity contribution in [1.29, 1.82) is 0 Å². The maximum absolute atomic E-state index is 2.24. The van der Waals surface area contributed by atoms with E-state index in [1.165, 1.54) is 16.0 Å². The molecular weight excluding hydrogens is 250 g/mol. The molecule has 0 saturated carbocycles. The molecule has 4 heteroatoms. The van der Waals surface area contributed by atoms with Gasteiger partial charge >= 0.3 is 0 Å². The van der Waals surface area contributed by atoms with Crippen molar-refractivity contribution in [3.8, 4) is 0 Å². The number of hydrogen-bond acceptors (Lipinski definition) is 0. The lowest BCUT2D eigenvalue weighted by molar-refractivity contribution is 0.933. The van der Waals surface area contributed by atoms with Crippen molar-refractivity contribution in [2.24, 2.45) is 21.1 Å². The van der Waals surface area contributed by atoms with Crippen molar-refractivity contribution in [2.75, 3.05) is 0 Å². The average Bonchev–Trinajstić information content (AvgIpc) is 3.07. The number of aryl methyl sites for hydroxylation is 3. The fourth-order valence-electron chi connectivity index (χ4n) is 2.56. The van der Waals surface area contributed by atoms with Crippen LogP contribution in [0, 0.1) is 0 Å². The second kappa shape index (κ2) is 4.62. The highest BCUT2D eigenvalue weighted by molar-refractivity contribution is 6.94. The number of hydrogen-bond donors (Lipinski definition) is 0. The molecule has 3 heterocycles. The molecule has 0 unspecified atom stereocenters. The van der Waals surface area contributed by atoms with E-state index in [-0.39, 0.29) is 0 Å². The Morgan fingerprint density at radius 3 is 1.16 bits per heavy atom. The van der Waals surface area contributed by atoms with Crippen molar-refractivity contribution in [1.82, 2.24) is 13.7 Å². The van der Waals surface area contributed by atoms with Gasteiger partial charge in [-0.25, -0.2) is 0 Å². The molecule has 0 atom stereocenters. The number of nitrogens with zero attached hydrogens (tertiary/aromatic N) is 3. The van der Waals surface area contributed by atoms with E-state index in [4.69, 9.17) is 0 Å². The maximum atomic E-state index is 2.24. The van der Waals surface area contributed by atoms with Crippen LogP contribution in [0.15, 0.2) is 55.0 Å². The molecule has 0 aromatic carbocycles.